The normalized spacial score (nSPS) is 15.4. The second-order valence-corrected chi connectivity index (χ2v) is 1.07. The first-order valence-electron chi connectivity index (χ1n) is 2.07. The molecule has 0 aromatic heterocycles. The van der Waals surface area contributed by atoms with Gasteiger partial charge in [0.05, 0.1) is 0 Å². The zero-order valence-corrected chi connectivity index (χ0v) is 3.96. The molecule has 0 aromatic carbocycles. The Morgan fingerprint density at radius 2 is 1.71 bits per heavy atom. The van der Waals surface area contributed by atoms with Crippen LogP contribution in [0.2, 0.25) is 0 Å². The van der Waals surface area contributed by atoms with Gasteiger partial charge in [0.1, 0.15) is 0 Å². The lowest BCUT2D eigenvalue weighted by molar-refractivity contribution is -0.122. The lowest BCUT2D eigenvalue weighted by Gasteiger charge is -2.09. The molecule has 0 unspecified atom stereocenters. The summed E-state index contributed by atoms with van der Waals surface area (Å²) in [5.41, 5.74) is 0. The van der Waals surface area contributed by atoms with E-state index >= 15 is 0 Å². The van der Waals surface area contributed by atoms with E-state index in [1.807, 2.05) is 0 Å². The van der Waals surface area contributed by atoms with Gasteiger partial charge in [-0.15, -0.1) is 0 Å². The van der Waals surface area contributed by atoms with Crippen LogP contribution in [0.5, 0.6) is 0 Å². The van der Waals surface area contributed by atoms with Gasteiger partial charge in [0, 0.05) is 13.2 Å². The molecule has 0 aromatic rings. The number of hydrogen-bond acceptors (Lipinski definition) is 2. The van der Waals surface area contributed by atoms with Crippen LogP contribution in [-0.4, -0.2) is 24.8 Å². The lowest BCUT2D eigenvalue weighted by atomic mass is 10.4. The Morgan fingerprint density at radius 1 is 1.57 bits per heavy atom. The van der Waals surface area contributed by atoms with Crippen LogP contribution in [-0.2, 0) is 9.53 Å². The third-order valence-corrected chi connectivity index (χ3v) is 0.577. The fourth-order valence-corrected chi connectivity index (χ4v) is 0.144. The van der Waals surface area contributed by atoms with Gasteiger partial charge in [-0.05, 0) is 6.42 Å². The highest BCUT2D eigenvalue weighted by Gasteiger charge is 1.94. The molecule has 0 spiro atoms. The maximum absolute atomic E-state index is 8.36. The maximum Gasteiger partial charge on any atom is 0.290 e. The average Bonchev–Trinajstić information content (AvgIpc) is 1.27. The molecule has 7 heavy (non-hydrogen) atoms. The molecule has 0 bridgehead atoms. The SMILES string of the molecule is C1COC1.O=CO. The minimum Gasteiger partial charge on any atom is -0.483 e. The van der Waals surface area contributed by atoms with Crippen LogP contribution >= 0.6 is 0 Å². The predicted molar refractivity (Wildman–Crippen MR) is 24.1 cm³/mol. The monoisotopic (exact) mass is 104 g/mol. The summed E-state index contributed by atoms with van der Waals surface area (Å²) in [5.74, 6) is 0. The molecule has 1 aliphatic heterocycles. The number of carboxylic acid groups (broad SMARTS) is 1. The van der Waals surface area contributed by atoms with E-state index in [0.717, 1.165) is 13.2 Å². The van der Waals surface area contributed by atoms with Crippen molar-refractivity contribution in [3.63, 3.8) is 0 Å². The van der Waals surface area contributed by atoms with Crippen molar-refractivity contribution in [3.8, 4) is 0 Å². The van der Waals surface area contributed by atoms with E-state index in [1.54, 1.807) is 0 Å². The first-order valence-corrected chi connectivity index (χ1v) is 2.07. The van der Waals surface area contributed by atoms with Crippen LogP contribution in [0.4, 0.5) is 0 Å². The summed E-state index contributed by atoms with van der Waals surface area (Å²) in [6.45, 7) is 1.75. The number of ether oxygens (including phenoxy) is 1. The molecule has 3 nitrogen and oxygen atoms in total. The van der Waals surface area contributed by atoms with E-state index in [0.29, 0.717) is 0 Å². The Labute approximate surface area is 41.9 Å². The number of rotatable bonds is 0. The highest BCUT2D eigenvalue weighted by Crippen LogP contribution is 1.92. The fraction of sp³-hybridized carbons (Fsp3) is 0.750. The van der Waals surface area contributed by atoms with Crippen molar-refractivity contribution < 1.29 is 14.6 Å². The van der Waals surface area contributed by atoms with Gasteiger partial charge >= 0.3 is 0 Å². The molecule has 1 saturated heterocycles. The predicted octanol–water partition coefficient (Wildman–Crippen LogP) is 0.108. The van der Waals surface area contributed by atoms with Crippen molar-refractivity contribution in [2.75, 3.05) is 13.2 Å². The summed E-state index contributed by atoms with van der Waals surface area (Å²) in [7, 11) is 0. The second kappa shape index (κ2) is 5.43. The number of carbonyl (C=O) groups is 1. The summed E-state index contributed by atoms with van der Waals surface area (Å²) < 4.78 is 4.72. The molecule has 1 rings (SSSR count). The van der Waals surface area contributed by atoms with E-state index in [2.05, 4.69) is 0 Å². The molecule has 3 heteroatoms. The largest absolute Gasteiger partial charge is 0.483 e. The van der Waals surface area contributed by atoms with Crippen molar-refractivity contribution >= 4 is 6.47 Å². The molecule has 1 aliphatic rings. The molecular weight excluding hydrogens is 96.0 g/mol. The topological polar surface area (TPSA) is 46.5 Å². The van der Waals surface area contributed by atoms with Crippen LogP contribution in [0.15, 0.2) is 0 Å². The fourth-order valence-electron chi connectivity index (χ4n) is 0.144. The van der Waals surface area contributed by atoms with Gasteiger partial charge in [-0.2, -0.15) is 0 Å². The summed E-state index contributed by atoms with van der Waals surface area (Å²) >= 11 is 0. The first kappa shape index (κ1) is 6.43. The van der Waals surface area contributed by atoms with Crippen molar-refractivity contribution in [1.29, 1.82) is 0 Å². The Hall–Kier alpha value is -0.570. The summed E-state index contributed by atoms with van der Waals surface area (Å²) in [6.07, 6.45) is 1.28. The summed E-state index contributed by atoms with van der Waals surface area (Å²) in [6, 6.07) is 0. The van der Waals surface area contributed by atoms with Crippen molar-refractivity contribution in [3.05, 3.63) is 0 Å². The average molecular weight is 104 g/mol. The molecule has 1 N–H and O–H groups in total. The van der Waals surface area contributed by atoms with E-state index in [-0.39, 0.29) is 6.47 Å². The lowest BCUT2D eigenvalue weighted by Crippen LogP contribution is -2.09. The standard InChI is InChI=1S/C3H6O.CH2O2/c1-2-4-3-1;2-1-3/h1-3H2;1H,(H,2,3). The van der Waals surface area contributed by atoms with Gasteiger partial charge in [0.2, 0.25) is 0 Å². The second-order valence-electron chi connectivity index (χ2n) is 1.07. The Balaban J connectivity index is 0.000000110. The maximum atomic E-state index is 8.36. The first-order chi connectivity index (χ1) is 3.41. The molecule has 0 radical (unpaired) electrons. The molecule has 0 saturated carbocycles. The molecule has 42 valence electrons. The van der Waals surface area contributed by atoms with E-state index in [9.17, 15) is 0 Å². The molecule has 0 aliphatic carbocycles. The zero-order chi connectivity index (χ0) is 5.54. The summed E-state index contributed by atoms with van der Waals surface area (Å²) in [4.78, 5) is 8.36. The molecular formula is C4H8O3. The van der Waals surface area contributed by atoms with Crippen LogP contribution < -0.4 is 0 Å². The van der Waals surface area contributed by atoms with E-state index < -0.39 is 0 Å². The molecule has 0 atom stereocenters. The highest BCUT2D eigenvalue weighted by molar-refractivity contribution is 5.32. The van der Waals surface area contributed by atoms with Crippen molar-refractivity contribution in [2.24, 2.45) is 0 Å². The Morgan fingerprint density at radius 3 is 1.71 bits per heavy atom. The highest BCUT2D eigenvalue weighted by atomic mass is 16.5. The van der Waals surface area contributed by atoms with Crippen molar-refractivity contribution in [1.82, 2.24) is 0 Å². The van der Waals surface area contributed by atoms with Crippen LogP contribution in [0, 0.1) is 0 Å². The van der Waals surface area contributed by atoms with Gasteiger partial charge in [-0.3, -0.25) is 4.79 Å². The van der Waals surface area contributed by atoms with Crippen molar-refractivity contribution in [2.45, 2.75) is 6.42 Å². The minimum absolute atomic E-state index is 0.250. The van der Waals surface area contributed by atoms with Crippen LogP contribution in [0.1, 0.15) is 6.42 Å². The Bertz CT molecular complexity index is 36.2. The Kier molecular flexibility index (Phi) is 4.99. The van der Waals surface area contributed by atoms with E-state index in [1.165, 1.54) is 6.42 Å². The third kappa shape index (κ3) is 5.43. The zero-order valence-electron chi connectivity index (χ0n) is 3.96. The quantitative estimate of drug-likeness (QED) is 0.443. The van der Waals surface area contributed by atoms with E-state index in [4.69, 9.17) is 14.6 Å². The molecule has 1 fully saturated rings. The van der Waals surface area contributed by atoms with Gasteiger partial charge < -0.3 is 9.84 Å². The van der Waals surface area contributed by atoms with Gasteiger partial charge in [0.25, 0.3) is 6.47 Å². The summed E-state index contributed by atoms with van der Waals surface area (Å²) in [5, 5.41) is 6.89. The van der Waals surface area contributed by atoms with Gasteiger partial charge in [-0.25, -0.2) is 0 Å². The van der Waals surface area contributed by atoms with Crippen LogP contribution in [0.25, 0.3) is 0 Å². The minimum atomic E-state index is -0.250. The van der Waals surface area contributed by atoms with Gasteiger partial charge in [0.15, 0.2) is 0 Å². The number of hydrogen-bond donors (Lipinski definition) is 1. The third-order valence-electron chi connectivity index (χ3n) is 0.577. The molecule has 1 heterocycles. The smallest absolute Gasteiger partial charge is 0.290 e. The van der Waals surface area contributed by atoms with Crippen LogP contribution in [0.3, 0.4) is 0 Å². The van der Waals surface area contributed by atoms with Gasteiger partial charge in [-0.1, -0.05) is 0 Å². The molecule has 0 amide bonds.